The Morgan fingerprint density at radius 2 is 1.86 bits per heavy atom. The Morgan fingerprint density at radius 1 is 1.21 bits per heavy atom. The number of aliphatic imine (C=N–C) groups is 1. The molecule has 0 saturated carbocycles. The predicted molar refractivity (Wildman–Crippen MR) is 99.5 cm³/mol. The number of thioether (sulfide) groups is 1. The Hall–Kier alpha value is -0.810. The second-order valence-electron chi connectivity index (χ2n) is 5.99. The largest absolute Gasteiger partial charge is 1.00 e. The van der Waals surface area contributed by atoms with Gasteiger partial charge in [0.25, 0.3) is 0 Å². The van der Waals surface area contributed by atoms with Crippen LogP contribution in [-0.2, 0) is 19.0 Å². The quantitative estimate of drug-likeness (QED) is 0.290. The van der Waals surface area contributed by atoms with E-state index in [1.54, 1.807) is 25.3 Å². The van der Waals surface area contributed by atoms with E-state index < -0.39 is 11.5 Å². The second kappa shape index (κ2) is 12.7. The molecule has 1 N–H and O–H groups in total. The summed E-state index contributed by atoms with van der Waals surface area (Å²) >= 11 is 1.26. The van der Waals surface area contributed by atoms with Gasteiger partial charge in [-0.2, -0.15) is 0 Å². The molecule has 0 aromatic heterocycles. The van der Waals surface area contributed by atoms with E-state index in [1.165, 1.54) is 18.7 Å². The number of carboxylic acid groups (broad SMARTS) is 1. The molecule has 0 radical (unpaired) electrons. The van der Waals surface area contributed by atoms with Gasteiger partial charge in [0, 0.05) is 12.9 Å². The van der Waals surface area contributed by atoms with Crippen LogP contribution in [0.3, 0.4) is 0 Å². The number of carboxylic acids is 1. The van der Waals surface area contributed by atoms with Crippen molar-refractivity contribution in [3.05, 3.63) is 23.8 Å². The summed E-state index contributed by atoms with van der Waals surface area (Å²) in [7, 11) is 1.61. The van der Waals surface area contributed by atoms with Gasteiger partial charge >= 0.3 is 29.6 Å². The molecule has 2 rings (SSSR count). The van der Waals surface area contributed by atoms with Crippen LogP contribution in [0.2, 0.25) is 0 Å². The first kappa shape index (κ1) is 25.2. The van der Waals surface area contributed by atoms with Gasteiger partial charge in [0.2, 0.25) is 0 Å². The fourth-order valence-electron chi connectivity index (χ4n) is 2.23. The molecule has 10 heteroatoms. The van der Waals surface area contributed by atoms with Crippen molar-refractivity contribution in [3.8, 4) is 11.5 Å². The molecule has 0 unspecified atom stereocenters. The molecule has 8 nitrogen and oxygen atoms in total. The minimum atomic E-state index is -1.29. The molecule has 150 valence electrons. The number of hydrogen-bond donors (Lipinski definition) is 1. The Morgan fingerprint density at radius 3 is 2.46 bits per heavy atom. The fourth-order valence-corrected chi connectivity index (χ4v) is 3.41. The van der Waals surface area contributed by atoms with Crippen molar-refractivity contribution in [1.82, 2.24) is 0 Å². The number of phenolic OH excluding ortho intramolecular Hbond substituents is 1. The zero-order valence-electron chi connectivity index (χ0n) is 16.4. The van der Waals surface area contributed by atoms with Gasteiger partial charge in [-0.25, -0.2) is 0 Å². The summed E-state index contributed by atoms with van der Waals surface area (Å²) in [6.45, 7) is 4.07. The van der Waals surface area contributed by atoms with Gasteiger partial charge in [0.15, 0.2) is 11.5 Å². The van der Waals surface area contributed by atoms with Crippen LogP contribution in [0, 0.1) is 0 Å². The van der Waals surface area contributed by atoms with Crippen molar-refractivity contribution in [3.63, 3.8) is 0 Å². The van der Waals surface area contributed by atoms with Gasteiger partial charge in [-0.3, -0.25) is 4.99 Å². The SMILES string of the molecule is COCCOCCOCCOc1cccc(C2=N[C@@](C)(C(=O)[O-])CS2)c1O.[Na+]. The van der Waals surface area contributed by atoms with E-state index in [4.69, 9.17) is 18.9 Å². The molecular formula is C18H24NNaO7S. The number of carbonyl (C=O) groups is 1. The van der Waals surface area contributed by atoms with Crippen LogP contribution < -0.4 is 39.4 Å². The Balaban J connectivity index is 0.00000392. The van der Waals surface area contributed by atoms with Crippen molar-refractivity contribution >= 4 is 22.8 Å². The molecule has 1 aromatic rings. The summed E-state index contributed by atoms with van der Waals surface area (Å²) in [5.74, 6) is -0.762. The first-order valence-electron chi connectivity index (χ1n) is 8.51. The first-order chi connectivity index (χ1) is 13.0. The van der Waals surface area contributed by atoms with Crippen molar-refractivity contribution < 1.29 is 63.5 Å². The van der Waals surface area contributed by atoms with Gasteiger partial charge < -0.3 is 34.0 Å². The number of aliphatic carboxylic acids is 1. The van der Waals surface area contributed by atoms with Gasteiger partial charge in [-0.15, -0.1) is 11.8 Å². The summed E-state index contributed by atoms with van der Waals surface area (Å²) in [6, 6.07) is 5.01. The number of nitrogens with zero attached hydrogens (tertiary/aromatic N) is 1. The fraction of sp³-hybridized carbons (Fsp3) is 0.556. The van der Waals surface area contributed by atoms with E-state index in [-0.39, 0.29) is 53.4 Å². The molecule has 0 fully saturated rings. The van der Waals surface area contributed by atoms with Crippen molar-refractivity contribution in [2.24, 2.45) is 4.99 Å². The van der Waals surface area contributed by atoms with E-state index in [2.05, 4.69) is 4.99 Å². The molecule has 1 aliphatic rings. The van der Waals surface area contributed by atoms with Gasteiger partial charge in [-0.05, 0) is 19.1 Å². The van der Waals surface area contributed by atoms with Crippen LogP contribution in [0.4, 0.5) is 0 Å². The average Bonchev–Trinajstić information content (AvgIpc) is 3.05. The number of aromatic hydroxyl groups is 1. The Kier molecular flexibility index (Phi) is 11.4. The monoisotopic (exact) mass is 421 g/mol. The second-order valence-corrected chi connectivity index (χ2v) is 6.95. The summed E-state index contributed by atoms with van der Waals surface area (Å²) in [5, 5.41) is 22.1. The number of phenols is 1. The number of carbonyl (C=O) groups excluding carboxylic acids is 1. The smallest absolute Gasteiger partial charge is 0.547 e. The summed E-state index contributed by atoms with van der Waals surface area (Å²) < 4.78 is 21.1. The Labute approximate surface area is 190 Å². The third kappa shape index (κ3) is 7.22. The van der Waals surface area contributed by atoms with E-state index in [0.717, 1.165) is 0 Å². The van der Waals surface area contributed by atoms with E-state index >= 15 is 0 Å². The molecule has 0 saturated heterocycles. The van der Waals surface area contributed by atoms with E-state index in [1.807, 2.05) is 0 Å². The third-order valence-electron chi connectivity index (χ3n) is 3.80. The predicted octanol–water partition coefficient (Wildman–Crippen LogP) is -2.54. The minimum Gasteiger partial charge on any atom is -0.547 e. The summed E-state index contributed by atoms with van der Waals surface area (Å²) in [5.41, 5.74) is -0.849. The van der Waals surface area contributed by atoms with Crippen LogP contribution in [0.1, 0.15) is 12.5 Å². The zero-order chi connectivity index (χ0) is 19.7. The van der Waals surface area contributed by atoms with E-state index in [0.29, 0.717) is 43.6 Å². The molecule has 0 amide bonds. The minimum absolute atomic E-state index is 0. The number of ether oxygens (including phenoxy) is 4. The maximum atomic E-state index is 11.2. The number of methoxy groups -OCH3 is 1. The van der Waals surface area contributed by atoms with Crippen LogP contribution in [0.25, 0.3) is 0 Å². The number of rotatable bonds is 12. The molecule has 1 atom stereocenters. The summed E-state index contributed by atoms with van der Waals surface area (Å²) in [6.07, 6.45) is 0. The molecule has 1 aliphatic heterocycles. The van der Waals surface area contributed by atoms with Crippen LogP contribution in [0.15, 0.2) is 23.2 Å². The molecule has 28 heavy (non-hydrogen) atoms. The molecule has 0 bridgehead atoms. The first-order valence-corrected chi connectivity index (χ1v) is 9.50. The molecular weight excluding hydrogens is 397 g/mol. The van der Waals surface area contributed by atoms with Gasteiger partial charge in [-0.1, -0.05) is 6.07 Å². The topological polar surface area (TPSA) is 110 Å². The number of para-hydroxylation sites is 1. The number of benzene rings is 1. The van der Waals surface area contributed by atoms with Crippen LogP contribution in [-0.4, -0.2) is 74.2 Å². The van der Waals surface area contributed by atoms with Gasteiger partial charge in [0.1, 0.15) is 17.2 Å². The van der Waals surface area contributed by atoms with E-state index in [9.17, 15) is 15.0 Å². The molecule has 1 aromatic carbocycles. The van der Waals surface area contributed by atoms with Crippen LogP contribution >= 0.6 is 11.8 Å². The van der Waals surface area contributed by atoms with Gasteiger partial charge in [0.05, 0.1) is 44.6 Å². The molecule has 1 heterocycles. The van der Waals surface area contributed by atoms with Crippen LogP contribution in [0.5, 0.6) is 11.5 Å². The maximum Gasteiger partial charge on any atom is 1.00 e. The average molecular weight is 421 g/mol. The third-order valence-corrected chi connectivity index (χ3v) is 5.09. The summed E-state index contributed by atoms with van der Waals surface area (Å²) in [4.78, 5) is 15.4. The van der Waals surface area contributed by atoms with Crippen molar-refractivity contribution in [2.45, 2.75) is 12.5 Å². The normalized spacial score (nSPS) is 18.4. The number of hydrogen-bond acceptors (Lipinski definition) is 9. The zero-order valence-corrected chi connectivity index (χ0v) is 19.3. The standard InChI is InChI=1S/C18H25NO7S.Na/c1-18(17(21)22)12-27-16(19-18)13-4-3-5-14(15(13)20)26-11-10-25-9-8-24-7-6-23-2;/h3-5,20H,6-12H2,1-2H3,(H,21,22);/q;+1/p-1/t18-;/m1./s1. The molecule has 0 aliphatic carbocycles. The molecule has 0 spiro atoms. The Bertz CT molecular complexity index is 673. The van der Waals surface area contributed by atoms with Crippen molar-refractivity contribution in [2.75, 3.05) is 52.5 Å². The van der Waals surface area contributed by atoms with Crippen molar-refractivity contribution in [1.29, 1.82) is 0 Å². The maximum absolute atomic E-state index is 11.2.